The number of carbonyl (C=O) groups excluding carboxylic acids is 1. The van der Waals surface area contributed by atoms with Gasteiger partial charge in [-0.05, 0) is 24.5 Å². The highest BCUT2D eigenvalue weighted by Crippen LogP contribution is 2.48. The minimum absolute atomic E-state index is 0.119. The second-order valence-electron chi connectivity index (χ2n) is 5.46. The Balaban J connectivity index is 1.66. The van der Waals surface area contributed by atoms with Gasteiger partial charge in [-0.15, -0.1) is 0 Å². The van der Waals surface area contributed by atoms with Crippen LogP contribution in [0.1, 0.15) is 28.9 Å². The second-order valence-corrected chi connectivity index (χ2v) is 6.32. The molecule has 2 aromatic heterocycles. The maximum Gasteiger partial charge on any atom is 0.270 e. The van der Waals surface area contributed by atoms with E-state index in [0.29, 0.717) is 11.3 Å². The molecule has 22 heavy (non-hydrogen) atoms. The van der Waals surface area contributed by atoms with Gasteiger partial charge in [0.2, 0.25) is 0 Å². The SMILES string of the molecule is O=C(NC1(c2ccccc2Br)CC1)c1cnc2cnccn12. The van der Waals surface area contributed by atoms with Crippen LogP contribution in [0.5, 0.6) is 0 Å². The third-order valence-electron chi connectivity index (χ3n) is 4.04. The van der Waals surface area contributed by atoms with Crippen LogP contribution < -0.4 is 5.32 Å². The van der Waals surface area contributed by atoms with Gasteiger partial charge >= 0.3 is 0 Å². The molecule has 0 radical (unpaired) electrons. The van der Waals surface area contributed by atoms with Crippen molar-refractivity contribution in [2.24, 2.45) is 0 Å². The largest absolute Gasteiger partial charge is 0.341 e. The van der Waals surface area contributed by atoms with Gasteiger partial charge in [-0.3, -0.25) is 14.2 Å². The Morgan fingerprint density at radius 3 is 2.86 bits per heavy atom. The smallest absolute Gasteiger partial charge is 0.270 e. The predicted molar refractivity (Wildman–Crippen MR) is 85.5 cm³/mol. The number of nitrogens with one attached hydrogen (secondary N) is 1. The van der Waals surface area contributed by atoms with Crippen molar-refractivity contribution in [3.8, 4) is 0 Å². The van der Waals surface area contributed by atoms with Crippen molar-refractivity contribution in [3.63, 3.8) is 0 Å². The summed E-state index contributed by atoms with van der Waals surface area (Å²) >= 11 is 3.57. The number of fused-ring (bicyclic) bond motifs is 1. The minimum Gasteiger partial charge on any atom is -0.341 e. The molecule has 1 aromatic carbocycles. The molecule has 1 aliphatic carbocycles. The first-order chi connectivity index (χ1) is 10.7. The third-order valence-corrected chi connectivity index (χ3v) is 4.73. The van der Waals surface area contributed by atoms with E-state index >= 15 is 0 Å². The van der Waals surface area contributed by atoms with Gasteiger partial charge in [-0.25, -0.2) is 4.98 Å². The Morgan fingerprint density at radius 2 is 2.09 bits per heavy atom. The van der Waals surface area contributed by atoms with Crippen molar-refractivity contribution in [2.75, 3.05) is 0 Å². The monoisotopic (exact) mass is 356 g/mol. The average Bonchev–Trinajstić information content (AvgIpc) is 3.17. The standard InChI is InChI=1S/C16H13BrN4O/c17-12-4-2-1-3-11(12)16(5-6-16)20-15(22)13-9-19-14-10-18-7-8-21(13)14/h1-4,7-10H,5-6H2,(H,20,22). The molecule has 1 fully saturated rings. The van der Waals surface area contributed by atoms with Gasteiger partial charge in [-0.1, -0.05) is 34.1 Å². The van der Waals surface area contributed by atoms with Crippen LogP contribution in [0.4, 0.5) is 0 Å². The van der Waals surface area contributed by atoms with E-state index in [1.807, 2.05) is 18.2 Å². The zero-order valence-corrected chi connectivity index (χ0v) is 13.2. The zero-order chi connectivity index (χ0) is 15.2. The van der Waals surface area contributed by atoms with E-state index in [9.17, 15) is 4.79 Å². The number of aromatic nitrogens is 3. The van der Waals surface area contributed by atoms with Crippen LogP contribution in [0.2, 0.25) is 0 Å². The van der Waals surface area contributed by atoms with E-state index in [1.54, 1.807) is 29.2 Å². The van der Waals surface area contributed by atoms with Gasteiger partial charge in [0.05, 0.1) is 17.9 Å². The van der Waals surface area contributed by atoms with Gasteiger partial charge in [0, 0.05) is 16.9 Å². The molecule has 0 saturated heterocycles. The fraction of sp³-hybridized carbons (Fsp3) is 0.188. The van der Waals surface area contributed by atoms with E-state index in [2.05, 4.69) is 37.3 Å². The third kappa shape index (κ3) is 2.11. The molecule has 0 bridgehead atoms. The lowest BCUT2D eigenvalue weighted by atomic mass is 10.0. The number of rotatable bonds is 3. The fourth-order valence-corrected chi connectivity index (χ4v) is 3.39. The van der Waals surface area contributed by atoms with Gasteiger partial charge in [-0.2, -0.15) is 0 Å². The molecule has 3 aromatic rings. The van der Waals surface area contributed by atoms with Crippen LogP contribution in [-0.2, 0) is 5.54 Å². The van der Waals surface area contributed by atoms with Crippen molar-refractivity contribution < 1.29 is 4.79 Å². The van der Waals surface area contributed by atoms with E-state index in [1.165, 1.54) is 0 Å². The maximum absolute atomic E-state index is 12.7. The number of amides is 1. The molecule has 1 amide bonds. The van der Waals surface area contributed by atoms with Crippen LogP contribution in [-0.4, -0.2) is 20.3 Å². The van der Waals surface area contributed by atoms with Crippen LogP contribution in [0, 0.1) is 0 Å². The Hall–Kier alpha value is -2.21. The molecular weight excluding hydrogens is 344 g/mol. The van der Waals surface area contributed by atoms with Gasteiger partial charge in [0.25, 0.3) is 5.91 Å². The van der Waals surface area contributed by atoms with Gasteiger partial charge < -0.3 is 5.32 Å². The lowest BCUT2D eigenvalue weighted by Gasteiger charge is -2.19. The van der Waals surface area contributed by atoms with Crippen LogP contribution in [0.25, 0.3) is 5.65 Å². The highest BCUT2D eigenvalue weighted by Gasteiger charge is 2.47. The average molecular weight is 357 g/mol. The molecule has 0 atom stereocenters. The molecule has 0 aliphatic heterocycles. The summed E-state index contributed by atoms with van der Waals surface area (Å²) in [5.41, 5.74) is 2.04. The lowest BCUT2D eigenvalue weighted by Crippen LogP contribution is -2.35. The first kappa shape index (κ1) is 13.5. The van der Waals surface area contributed by atoms with E-state index in [-0.39, 0.29) is 11.4 Å². The van der Waals surface area contributed by atoms with Crippen LogP contribution >= 0.6 is 15.9 Å². The molecule has 1 aliphatic rings. The molecule has 110 valence electrons. The molecule has 2 heterocycles. The lowest BCUT2D eigenvalue weighted by molar-refractivity contribution is 0.0924. The van der Waals surface area contributed by atoms with Crippen molar-refractivity contribution in [2.45, 2.75) is 18.4 Å². The molecule has 4 rings (SSSR count). The molecular formula is C16H13BrN4O. The summed E-state index contributed by atoms with van der Waals surface area (Å²) < 4.78 is 2.77. The first-order valence-electron chi connectivity index (χ1n) is 7.04. The van der Waals surface area contributed by atoms with Crippen LogP contribution in [0.3, 0.4) is 0 Å². The van der Waals surface area contributed by atoms with Gasteiger partial charge in [0.1, 0.15) is 5.69 Å². The molecule has 1 N–H and O–H groups in total. The molecule has 0 unspecified atom stereocenters. The fourth-order valence-electron chi connectivity index (χ4n) is 2.73. The van der Waals surface area contributed by atoms with Crippen molar-refractivity contribution in [1.82, 2.24) is 19.7 Å². The van der Waals surface area contributed by atoms with Crippen molar-refractivity contribution in [3.05, 3.63) is 64.8 Å². The minimum atomic E-state index is -0.269. The summed E-state index contributed by atoms with van der Waals surface area (Å²) in [4.78, 5) is 20.9. The number of hydrogen-bond acceptors (Lipinski definition) is 3. The zero-order valence-electron chi connectivity index (χ0n) is 11.7. The Kier molecular flexibility index (Phi) is 3.00. The number of hydrogen-bond donors (Lipinski definition) is 1. The van der Waals surface area contributed by atoms with Gasteiger partial charge in [0.15, 0.2) is 5.65 Å². The summed E-state index contributed by atoms with van der Waals surface area (Å²) in [6.45, 7) is 0. The normalized spacial score (nSPS) is 15.7. The Morgan fingerprint density at radius 1 is 1.27 bits per heavy atom. The quantitative estimate of drug-likeness (QED) is 0.784. The van der Waals surface area contributed by atoms with E-state index in [0.717, 1.165) is 22.9 Å². The summed E-state index contributed by atoms with van der Waals surface area (Å²) in [5, 5.41) is 3.17. The first-order valence-corrected chi connectivity index (χ1v) is 7.83. The number of nitrogens with zero attached hydrogens (tertiary/aromatic N) is 3. The topological polar surface area (TPSA) is 59.3 Å². The summed E-state index contributed by atoms with van der Waals surface area (Å²) in [6.07, 6.45) is 8.50. The highest BCUT2D eigenvalue weighted by atomic mass is 79.9. The molecule has 1 saturated carbocycles. The summed E-state index contributed by atoms with van der Waals surface area (Å²) in [6, 6.07) is 8.02. The summed E-state index contributed by atoms with van der Waals surface area (Å²) in [7, 11) is 0. The van der Waals surface area contributed by atoms with Crippen molar-refractivity contribution >= 4 is 27.5 Å². The van der Waals surface area contributed by atoms with E-state index in [4.69, 9.17) is 0 Å². The highest BCUT2D eigenvalue weighted by molar-refractivity contribution is 9.10. The molecule has 6 heteroatoms. The predicted octanol–water partition coefficient (Wildman–Crippen LogP) is 2.91. The maximum atomic E-state index is 12.7. The number of imidazole rings is 1. The summed E-state index contributed by atoms with van der Waals surface area (Å²) in [5.74, 6) is -0.119. The molecule has 0 spiro atoms. The second kappa shape index (κ2) is 4.91. The van der Waals surface area contributed by atoms with Crippen molar-refractivity contribution in [1.29, 1.82) is 0 Å². The number of carbonyl (C=O) groups is 1. The Bertz CT molecular complexity index is 869. The molecule has 5 nitrogen and oxygen atoms in total. The Labute approximate surface area is 135 Å². The van der Waals surface area contributed by atoms with E-state index < -0.39 is 0 Å². The van der Waals surface area contributed by atoms with Crippen LogP contribution in [0.15, 0.2) is 53.5 Å². The number of halogens is 1. The number of benzene rings is 1.